The van der Waals surface area contributed by atoms with Gasteiger partial charge in [-0.2, -0.15) is 8.42 Å². The van der Waals surface area contributed by atoms with E-state index < -0.39 is 37.4 Å². The first-order valence-corrected chi connectivity index (χ1v) is 19.2. The lowest BCUT2D eigenvalue weighted by atomic mass is 10.2. The molecule has 0 amide bonds. The molecule has 2 unspecified atom stereocenters. The van der Waals surface area contributed by atoms with Crippen LogP contribution in [0.25, 0.3) is 41.8 Å². The molecular weight excluding hydrogens is 885 g/mol. The Morgan fingerprint density at radius 2 is 0.914 bits per heavy atom. The Hall–Kier alpha value is -2.43. The lowest BCUT2D eigenvalue weighted by molar-refractivity contribution is 0.100. The third kappa shape index (κ3) is 33.4. The van der Waals surface area contributed by atoms with Crippen molar-refractivity contribution in [1.29, 1.82) is 0 Å². The zero-order valence-electron chi connectivity index (χ0n) is 29.0. The van der Waals surface area contributed by atoms with Crippen LogP contribution >= 0.6 is 35.5 Å². The second kappa shape index (κ2) is 37.6. The van der Waals surface area contributed by atoms with Gasteiger partial charge in [0, 0.05) is 42.4 Å². The maximum absolute atomic E-state index is 10.7. The summed E-state index contributed by atoms with van der Waals surface area (Å²) in [4.78, 5) is 10.3. The van der Waals surface area contributed by atoms with Crippen molar-refractivity contribution in [2.24, 2.45) is 31.9 Å². The molecule has 6 heterocycles. The maximum Gasteiger partial charge on any atom is 0.264 e. The first-order chi connectivity index (χ1) is 24.0. The number of aliphatic hydroxyl groups is 1. The van der Waals surface area contributed by atoms with Gasteiger partial charge in [-0.1, -0.05) is 50.2 Å². The predicted octanol–water partition coefficient (Wildman–Crippen LogP) is 3.66. The summed E-state index contributed by atoms with van der Waals surface area (Å²) in [6.45, 7) is 4.56. The summed E-state index contributed by atoms with van der Waals surface area (Å²) in [5.41, 5.74) is 43.1. The van der Waals surface area contributed by atoms with Gasteiger partial charge < -0.3 is 51.1 Å². The minimum Gasteiger partial charge on any atom is -0.390 e. The Morgan fingerprint density at radius 3 is 1.21 bits per heavy atom. The topological polar surface area (TPSA) is 439 Å². The molecule has 0 aromatic carbocycles. The Labute approximate surface area is 356 Å². The number of rotatable bonds is 6. The third-order valence-electron chi connectivity index (χ3n) is 6.56. The number of fused-ring (bicyclic) bond motifs is 1. The molecule has 6 fully saturated rings. The van der Waals surface area contributed by atoms with Crippen LogP contribution < -0.4 is 17.6 Å². The molecule has 0 aromatic heterocycles. The molecule has 6 rings (SSSR count). The van der Waals surface area contributed by atoms with Gasteiger partial charge in [0.1, 0.15) is 18.3 Å². The van der Waals surface area contributed by atoms with Gasteiger partial charge in [-0.25, -0.2) is 8.42 Å². The van der Waals surface area contributed by atoms with Gasteiger partial charge in [0.25, 0.3) is 10.1 Å². The zero-order valence-corrected chi connectivity index (χ0v) is 33.0. The fourth-order valence-corrected chi connectivity index (χ4v) is 4.60. The largest absolute Gasteiger partial charge is 0.390 e. The quantitative estimate of drug-likeness (QED) is 0.0737. The van der Waals surface area contributed by atoms with Gasteiger partial charge in [0.05, 0.1) is 109 Å². The summed E-state index contributed by atoms with van der Waals surface area (Å²) >= 11 is 0. The summed E-state index contributed by atoms with van der Waals surface area (Å²) in [7, 11) is -2.21. The molecule has 0 radical (unpaired) electrons. The van der Waals surface area contributed by atoms with Crippen LogP contribution in [0.1, 0.15) is 29.7 Å². The van der Waals surface area contributed by atoms with Crippen LogP contribution in [0.5, 0.6) is 0 Å². The van der Waals surface area contributed by atoms with E-state index in [0.29, 0.717) is 45.2 Å². The molecule has 0 spiro atoms. The molecule has 10 atom stereocenters. The van der Waals surface area contributed by atoms with Crippen molar-refractivity contribution in [2.45, 2.75) is 90.4 Å². The number of hydrogen-bond acceptors (Lipinski definition) is 19. The number of hydrogen-bond donors (Lipinski definition) is 4. The number of ether oxygens (including phenoxy) is 6. The minimum absolute atomic E-state index is 0. The SMILES string of the molecule is C.C.C.C.C1OCC2OC12.CS(=O)(=O)Cl.CS(=O)(=O)O[C@H]1COC[C@@H]1N=[N+]=[N-].Cl.Cl.N.N[C@@H]1COC[C@@H]1N.[N-]=[N+]=N[C@H]1COC[C@@H]1O.[N-]=[N+]=N[C@H]1COC[C@H]1N=[N+]=[N-]. The van der Waals surface area contributed by atoms with Gasteiger partial charge in [0.2, 0.25) is 9.05 Å². The molecule has 346 valence electrons. The minimum atomic E-state index is -3.52. The van der Waals surface area contributed by atoms with Crippen molar-refractivity contribution in [2.75, 3.05) is 78.6 Å². The number of nitrogens with two attached hydrogens (primary N) is 2. The van der Waals surface area contributed by atoms with Crippen LogP contribution in [0.15, 0.2) is 20.5 Å². The lowest BCUT2D eigenvalue weighted by Crippen LogP contribution is -2.39. The smallest absolute Gasteiger partial charge is 0.264 e. The first-order valence-electron chi connectivity index (χ1n) is 14.7. The average molecular weight is 947 g/mol. The van der Waals surface area contributed by atoms with E-state index in [1.165, 1.54) is 0 Å². The highest BCUT2D eigenvalue weighted by Crippen LogP contribution is 2.27. The molecule has 0 bridgehead atoms. The molecule has 0 saturated carbocycles. The molecule has 58 heavy (non-hydrogen) atoms. The Bertz CT molecular complexity index is 1440. The molecule has 6 aliphatic rings. The van der Waals surface area contributed by atoms with E-state index in [0.717, 1.165) is 25.7 Å². The first kappa shape index (κ1) is 70.1. The average Bonchev–Trinajstić information content (AvgIpc) is 3.66. The van der Waals surface area contributed by atoms with Crippen LogP contribution in [0.4, 0.5) is 0 Å². The second-order valence-electron chi connectivity index (χ2n) is 10.9. The van der Waals surface area contributed by atoms with Crippen molar-refractivity contribution in [3.05, 3.63) is 41.8 Å². The van der Waals surface area contributed by atoms with Crippen LogP contribution in [-0.4, -0.2) is 161 Å². The van der Waals surface area contributed by atoms with Gasteiger partial charge in [-0.15, -0.1) is 24.8 Å². The molecule has 8 N–H and O–H groups in total. The van der Waals surface area contributed by atoms with E-state index in [-0.39, 0.29) is 111 Å². The van der Waals surface area contributed by atoms with E-state index >= 15 is 0 Å². The highest BCUT2D eigenvalue weighted by atomic mass is 35.7. The van der Waals surface area contributed by atoms with Crippen LogP contribution in [0, 0.1) is 0 Å². The zero-order chi connectivity index (χ0) is 38.5. The highest BCUT2D eigenvalue weighted by Gasteiger charge is 2.44. The fraction of sp³-hybridized carbons (Fsp3) is 1.00. The van der Waals surface area contributed by atoms with Crippen molar-refractivity contribution >= 4 is 54.7 Å². The van der Waals surface area contributed by atoms with Gasteiger partial charge >= 0.3 is 0 Å². The maximum atomic E-state index is 10.7. The van der Waals surface area contributed by atoms with E-state index in [1.807, 2.05) is 0 Å². The summed E-state index contributed by atoms with van der Waals surface area (Å²) in [5, 5.41) is 22.4. The molecule has 0 aliphatic carbocycles. The third-order valence-corrected chi connectivity index (χ3v) is 7.16. The standard InChI is InChI=1S/C5H9N3O4S.C4H6N6O.C4H7N3O2.C4H10N2O.C4H6O2.CH3ClO2S.4CH4.2ClH.H3N/c1-13(9,10)12-5-3-11-2-4(5)7-8-6;5-9-7-3-1-11-2-4(3)8-10-6;5-7-6-3-1-9-2-4(3)8;5-3-1-7-2-4(3)6;1-3-4(6-3)2-5-1;1-5(2,3)4;;;;;;;/h4-5H,2-3H2,1H3;3-4H,1-2H2;3-4,8H,1-2H2;3-4H,1-2,5-6H2;3-4H,1-2H2;1H3;4*1H4;2*1H;1H3/t4-,5-;3-,4+;3-,4-;3-,4+;;;;;;;;;/m0.0........../s1. The van der Waals surface area contributed by atoms with E-state index in [4.69, 9.17) is 67.1 Å². The van der Waals surface area contributed by atoms with E-state index in [9.17, 15) is 16.8 Å². The number of nitrogens with zero attached hydrogens (tertiary/aromatic N) is 12. The molecule has 6 aliphatic heterocycles. The number of halogens is 3. The summed E-state index contributed by atoms with van der Waals surface area (Å²) in [6, 6.07) is -1.47. The summed E-state index contributed by atoms with van der Waals surface area (Å²) in [5.74, 6) is 0. The Balaban J connectivity index is -0.000000108. The molecule has 6 saturated heterocycles. The van der Waals surface area contributed by atoms with Gasteiger partial charge in [-0.05, 0) is 22.1 Å². The van der Waals surface area contributed by atoms with Crippen molar-refractivity contribution < 1.29 is 54.5 Å². The van der Waals surface area contributed by atoms with Gasteiger partial charge in [0.15, 0.2) is 0 Å². The molecule has 32 heteroatoms. The van der Waals surface area contributed by atoms with Crippen molar-refractivity contribution in [3.63, 3.8) is 0 Å². The summed E-state index contributed by atoms with van der Waals surface area (Å²) < 4.78 is 74.5. The normalized spacial score (nSPS) is 28.5. The van der Waals surface area contributed by atoms with Crippen LogP contribution in [-0.2, 0) is 51.8 Å². The number of epoxide rings is 1. The Morgan fingerprint density at radius 1 is 0.603 bits per heavy atom. The van der Waals surface area contributed by atoms with Crippen LogP contribution in [0.3, 0.4) is 0 Å². The number of aliphatic hydroxyl groups excluding tert-OH is 1. The molecule has 0 aromatic rings. The van der Waals surface area contributed by atoms with E-state index in [2.05, 4.69) is 55.0 Å². The Kier molecular flexibility index (Phi) is 45.4. The predicted molar refractivity (Wildman–Crippen MR) is 223 cm³/mol. The van der Waals surface area contributed by atoms with E-state index in [1.54, 1.807) is 0 Å². The lowest BCUT2D eigenvalue weighted by Gasteiger charge is -2.10. The van der Waals surface area contributed by atoms with Gasteiger partial charge in [-0.3, -0.25) is 4.18 Å². The van der Waals surface area contributed by atoms with Crippen molar-refractivity contribution in [1.82, 2.24) is 6.15 Å². The molecular formula is C26H62Cl3N15O12S2. The highest BCUT2D eigenvalue weighted by molar-refractivity contribution is 8.13. The monoisotopic (exact) mass is 945 g/mol. The number of azide groups is 4. The second-order valence-corrected chi connectivity index (χ2v) is 15.6. The fourth-order valence-electron chi connectivity index (χ4n) is 3.97. The summed E-state index contributed by atoms with van der Waals surface area (Å²) in [6.07, 6.45) is 1.55. The van der Waals surface area contributed by atoms with Crippen LogP contribution in [0.2, 0.25) is 0 Å². The molecule has 27 nitrogen and oxygen atoms in total. The van der Waals surface area contributed by atoms with Crippen molar-refractivity contribution in [3.8, 4) is 0 Å².